The lowest BCUT2D eigenvalue weighted by atomic mass is 10.0. The molecule has 0 saturated heterocycles. The van der Waals surface area contributed by atoms with Gasteiger partial charge in [0.15, 0.2) is 23.2 Å². The molecule has 1 aliphatic heterocycles. The summed E-state index contributed by atoms with van der Waals surface area (Å²) < 4.78 is 41.1. The van der Waals surface area contributed by atoms with Crippen molar-refractivity contribution in [3.05, 3.63) is 95.6 Å². The van der Waals surface area contributed by atoms with E-state index >= 15 is 0 Å². The lowest BCUT2D eigenvalue weighted by Crippen LogP contribution is -2.21. The molecule has 0 bridgehead atoms. The molecule has 2 aromatic carbocycles. The number of amides is 1. The van der Waals surface area contributed by atoms with Gasteiger partial charge in [-0.15, -0.1) is 5.10 Å². The first kappa shape index (κ1) is 19.8. The molecular formula is C22H13FN4O4S. The molecule has 0 radical (unpaired) electrons. The average molecular weight is 448 g/mol. The number of hydrogen-bond donors (Lipinski definition) is 1. The number of aromatic nitrogens is 3. The number of fused-ring (bicyclic) bond motifs is 2. The van der Waals surface area contributed by atoms with E-state index in [-0.39, 0.29) is 38.1 Å². The van der Waals surface area contributed by atoms with Crippen LogP contribution in [0.3, 0.4) is 0 Å². The number of pyridine rings is 1. The Kier molecular flexibility index (Phi) is 4.45. The van der Waals surface area contributed by atoms with Gasteiger partial charge in [-0.25, -0.2) is 22.5 Å². The van der Waals surface area contributed by atoms with E-state index in [2.05, 4.69) is 15.4 Å². The minimum Gasteiger partial charge on any atom is -0.305 e. The molecule has 5 rings (SSSR count). The highest BCUT2D eigenvalue weighted by Crippen LogP contribution is 2.34. The first-order valence-corrected chi connectivity index (χ1v) is 10.9. The second-order valence-corrected chi connectivity index (χ2v) is 8.83. The standard InChI is InChI=1S/C22H13FN4O4S/c23-16-5-3-10-24-21(16)27-11-9-19(26-27)25-22(29)13-7-8-15-18(12-13)32(30,31)17-6-2-1-4-14(17)20(15)28/h1-12H,(H,25,26,29). The van der Waals surface area contributed by atoms with E-state index in [1.165, 1.54) is 67.0 Å². The minimum absolute atomic E-state index is 0.00940. The molecule has 0 unspecified atom stereocenters. The number of nitrogens with one attached hydrogen (secondary N) is 1. The highest BCUT2D eigenvalue weighted by molar-refractivity contribution is 7.91. The van der Waals surface area contributed by atoms with E-state index in [1.54, 1.807) is 6.07 Å². The molecule has 10 heteroatoms. The van der Waals surface area contributed by atoms with Gasteiger partial charge in [0.25, 0.3) is 5.91 Å². The van der Waals surface area contributed by atoms with E-state index in [9.17, 15) is 22.4 Å². The Hall–Kier alpha value is -4.18. The highest BCUT2D eigenvalue weighted by atomic mass is 32.2. The summed E-state index contributed by atoms with van der Waals surface area (Å²) in [6, 6.07) is 13.9. The van der Waals surface area contributed by atoms with Crippen LogP contribution in [0.1, 0.15) is 26.3 Å². The number of ketones is 1. The van der Waals surface area contributed by atoms with Crippen molar-refractivity contribution in [3.63, 3.8) is 0 Å². The maximum Gasteiger partial charge on any atom is 0.256 e. The van der Waals surface area contributed by atoms with Gasteiger partial charge < -0.3 is 5.32 Å². The van der Waals surface area contributed by atoms with Crippen LogP contribution in [-0.4, -0.2) is 34.9 Å². The molecule has 0 atom stereocenters. The Morgan fingerprint density at radius 2 is 1.75 bits per heavy atom. The zero-order chi connectivity index (χ0) is 22.5. The second-order valence-electron chi connectivity index (χ2n) is 6.95. The minimum atomic E-state index is -3.97. The van der Waals surface area contributed by atoms with Crippen LogP contribution in [0.15, 0.2) is 82.8 Å². The number of carbonyl (C=O) groups is 2. The van der Waals surface area contributed by atoms with E-state index in [0.29, 0.717) is 0 Å². The van der Waals surface area contributed by atoms with Gasteiger partial charge >= 0.3 is 0 Å². The molecule has 158 valence electrons. The van der Waals surface area contributed by atoms with Gasteiger partial charge in [0, 0.05) is 35.2 Å². The van der Waals surface area contributed by atoms with Crippen molar-refractivity contribution in [3.8, 4) is 5.82 Å². The van der Waals surface area contributed by atoms with Crippen molar-refractivity contribution >= 4 is 27.3 Å². The van der Waals surface area contributed by atoms with Gasteiger partial charge in [-0.1, -0.05) is 12.1 Å². The van der Waals surface area contributed by atoms with Crippen molar-refractivity contribution in [1.82, 2.24) is 14.8 Å². The smallest absolute Gasteiger partial charge is 0.256 e. The van der Waals surface area contributed by atoms with Crippen LogP contribution in [0.5, 0.6) is 0 Å². The number of sulfone groups is 1. The monoisotopic (exact) mass is 448 g/mol. The van der Waals surface area contributed by atoms with E-state index in [0.717, 1.165) is 4.68 Å². The number of benzene rings is 2. The summed E-state index contributed by atoms with van der Waals surface area (Å²) in [4.78, 5) is 29.0. The molecular weight excluding hydrogens is 435 g/mol. The van der Waals surface area contributed by atoms with E-state index in [4.69, 9.17) is 0 Å². The molecule has 4 aromatic rings. The fourth-order valence-electron chi connectivity index (χ4n) is 3.47. The Morgan fingerprint density at radius 1 is 0.969 bits per heavy atom. The topological polar surface area (TPSA) is 111 Å². The number of carbonyl (C=O) groups excluding carboxylic acids is 2. The first-order chi connectivity index (χ1) is 15.4. The average Bonchev–Trinajstić information content (AvgIpc) is 3.26. The number of nitrogens with zero attached hydrogens (tertiary/aromatic N) is 3. The number of hydrogen-bond acceptors (Lipinski definition) is 6. The van der Waals surface area contributed by atoms with Crippen molar-refractivity contribution in [2.45, 2.75) is 9.79 Å². The van der Waals surface area contributed by atoms with Crippen LogP contribution in [0.4, 0.5) is 10.2 Å². The van der Waals surface area contributed by atoms with Crippen LogP contribution < -0.4 is 5.32 Å². The van der Waals surface area contributed by atoms with Gasteiger partial charge in [0.2, 0.25) is 9.84 Å². The Bertz CT molecular complexity index is 1530. The molecule has 1 amide bonds. The van der Waals surface area contributed by atoms with E-state index in [1.807, 2.05) is 0 Å². The normalized spacial score (nSPS) is 13.8. The van der Waals surface area contributed by atoms with Crippen LogP contribution in [0.2, 0.25) is 0 Å². The zero-order valence-electron chi connectivity index (χ0n) is 16.2. The molecule has 0 saturated carbocycles. The third kappa shape index (κ3) is 3.08. The molecule has 32 heavy (non-hydrogen) atoms. The van der Waals surface area contributed by atoms with Crippen molar-refractivity contribution < 1.29 is 22.4 Å². The van der Waals surface area contributed by atoms with E-state index < -0.39 is 27.3 Å². The third-order valence-electron chi connectivity index (χ3n) is 4.99. The Balaban J connectivity index is 1.46. The van der Waals surface area contributed by atoms with Gasteiger partial charge in [0.1, 0.15) is 0 Å². The second kappa shape index (κ2) is 7.20. The fourth-order valence-corrected chi connectivity index (χ4v) is 5.15. The summed E-state index contributed by atoms with van der Waals surface area (Å²) in [5.41, 5.74) is 0.137. The maximum atomic E-state index is 13.9. The quantitative estimate of drug-likeness (QED) is 0.454. The predicted molar refractivity (Wildman–Crippen MR) is 111 cm³/mol. The lowest BCUT2D eigenvalue weighted by molar-refractivity contribution is 0.101. The highest BCUT2D eigenvalue weighted by Gasteiger charge is 2.35. The molecule has 3 heterocycles. The summed E-state index contributed by atoms with van der Waals surface area (Å²) >= 11 is 0. The van der Waals surface area contributed by atoms with Crippen LogP contribution in [0.25, 0.3) is 5.82 Å². The summed E-state index contributed by atoms with van der Waals surface area (Å²) in [5.74, 6) is -1.57. The maximum absolute atomic E-state index is 13.9. The van der Waals surface area contributed by atoms with Gasteiger partial charge in [-0.3, -0.25) is 9.59 Å². The van der Waals surface area contributed by atoms with Crippen LogP contribution in [0, 0.1) is 5.82 Å². The molecule has 0 aliphatic carbocycles. The third-order valence-corrected chi connectivity index (χ3v) is 6.84. The molecule has 0 spiro atoms. The summed E-state index contributed by atoms with van der Waals surface area (Å²) in [5, 5.41) is 6.61. The summed E-state index contributed by atoms with van der Waals surface area (Å²) in [6.07, 6.45) is 2.83. The number of rotatable bonds is 3. The molecule has 1 N–H and O–H groups in total. The summed E-state index contributed by atoms with van der Waals surface area (Å²) in [6.45, 7) is 0. The van der Waals surface area contributed by atoms with Gasteiger partial charge in [0.05, 0.1) is 9.79 Å². The zero-order valence-corrected chi connectivity index (χ0v) is 17.0. The fraction of sp³-hybridized carbons (Fsp3) is 0. The lowest BCUT2D eigenvalue weighted by Gasteiger charge is -2.19. The SMILES string of the molecule is O=C(Nc1ccn(-c2ncccc2F)n1)c1ccc2c(c1)S(=O)(=O)c1ccccc1C2=O. The first-order valence-electron chi connectivity index (χ1n) is 9.37. The van der Waals surface area contributed by atoms with Gasteiger partial charge in [-0.05, 0) is 42.5 Å². The Morgan fingerprint density at radius 3 is 2.56 bits per heavy atom. The predicted octanol–water partition coefficient (Wildman–Crippen LogP) is 3.04. The van der Waals surface area contributed by atoms with Crippen LogP contribution in [-0.2, 0) is 9.84 Å². The van der Waals surface area contributed by atoms with Crippen molar-refractivity contribution in [2.75, 3.05) is 5.32 Å². The Labute approximate surface area is 181 Å². The number of anilines is 1. The molecule has 2 aromatic heterocycles. The van der Waals surface area contributed by atoms with Crippen molar-refractivity contribution in [2.24, 2.45) is 0 Å². The summed E-state index contributed by atoms with van der Waals surface area (Å²) in [7, 11) is -3.97. The molecule has 1 aliphatic rings. The largest absolute Gasteiger partial charge is 0.305 e. The van der Waals surface area contributed by atoms with Gasteiger partial charge in [-0.2, -0.15) is 0 Å². The van der Waals surface area contributed by atoms with Crippen molar-refractivity contribution in [1.29, 1.82) is 0 Å². The number of halogens is 1. The molecule has 8 nitrogen and oxygen atoms in total. The van der Waals surface area contributed by atoms with Crippen LogP contribution >= 0.6 is 0 Å². The molecule has 0 fully saturated rings.